The fourth-order valence-corrected chi connectivity index (χ4v) is 3.81. The molecule has 4 heterocycles. The molecule has 0 saturated carbocycles. The number of esters is 1. The molecule has 1 aliphatic heterocycles. The summed E-state index contributed by atoms with van der Waals surface area (Å²) in [7, 11) is 1.85. The first kappa shape index (κ1) is 17.0. The standard InChI is InChI=1S/C18H21N5O2S/c1-21-10-15(8-20-21)23-11-17(19-13-23)18(24)25-16-2-5-22(6-3-16)9-14-4-7-26-12-14/h4,7-8,10-13,16H,2-3,5-6,9H2,1H3. The molecule has 3 aromatic heterocycles. The molecular formula is C18H21N5O2S. The van der Waals surface area contributed by atoms with Crippen LogP contribution in [0.25, 0.3) is 5.69 Å². The largest absolute Gasteiger partial charge is 0.458 e. The number of likely N-dealkylation sites (tertiary alicyclic amines) is 1. The van der Waals surface area contributed by atoms with Gasteiger partial charge in [0.25, 0.3) is 0 Å². The zero-order valence-electron chi connectivity index (χ0n) is 14.6. The second-order valence-corrected chi connectivity index (χ2v) is 7.33. The Morgan fingerprint density at radius 3 is 2.88 bits per heavy atom. The van der Waals surface area contributed by atoms with Crippen LogP contribution in [0.5, 0.6) is 0 Å². The molecule has 3 aromatic rings. The lowest BCUT2D eigenvalue weighted by atomic mass is 10.1. The monoisotopic (exact) mass is 371 g/mol. The Morgan fingerprint density at radius 2 is 2.19 bits per heavy atom. The van der Waals surface area contributed by atoms with Crippen molar-refractivity contribution in [2.45, 2.75) is 25.5 Å². The van der Waals surface area contributed by atoms with E-state index in [2.05, 4.69) is 31.8 Å². The molecule has 0 unspecified atom stereocenters. The fourth-order valence-electron chi connectivity index (χ4n) is 3.15. The Bertz CT molecular complexity index is 862. The Labute approximate surface area is 155 Å². The van der Waals surface area contributed by atoms with Gasteiger partial charge in [-0.3, -0.25) is 9.58 Å². The molecular weight excluding hydrogens is 350 g/mol. The molecule has 0 aromatic carbocycles. The maximum atomic E-state index is 12.4. The van der Waals surface area contributed by atoms with Crippen molar-refractivity contribution in [3.8, 4) is 5.69 Å². The zero-order chi connectivity index (χ0) is 17.9. The summed E-state index contributed by atoms with van der Waals surface area (Å²) in [4.78, 5) is 18.9. The van der Waals surface area contributed by atoms with Gasteiger partial charge in [-0.25, -0.2) is 9.78 Å². The maximum Gasteiger partial charge on any atom is 0.358 e. The number of carbonyl (C=O) groups excluding carboxylic acids is 1. The van der Waals surface area contributed by atoms with E-state index in [-0.39, 0.29) is 12.1 Å². The molecule has 1 saturated heterocycles. The molecule has 1 aliphatic rings. The third-order valence-electron chi connectivity index (χ3n) is 4.58. The third kappa shape index (κ3) is 3.86. The lowest BCUT2D eigenvalue weighted by Gasteiger charge is -2.31. The Morgan fingerprint density at radius 1 is 1.35 bits per heavy atom. The highest BCUT2D eigenvalue weighted by Crippen LogP contribution is 2.18. The fraction of sp³-hybridized carbons (Fsp3) is 0.389. The van der Waals surface area contributed by atoms with Gasteiger partial charge in [0.2, 0.25) is 0 Å². The van der Waals surface area contributed by atoms with E-state index in [1.807, 2.05) is 13.2 Å². The summed E-state index contributed by atoms with van der Waals surface area (Å²) in [6, 6.07) is 2.16. The van der Waals surface area contributed by atoms with Crippen molar-refractivity contribution >= 4 is 17.3 Å². The van der Waals surface area contributed by atoms with Gasteiger partial charge in [0, 0.05) is 39.1 Å². The number of thiophene rings is 1. The number of aryl methyl sites for hydroxylation is 1. The van der Waals surface area contributed by atoms with E-state index in [4.69, 9.17) is 4.74 Å². The quantitative estimate of drug-likeness (QED) is 0.645. The van der Waals surface area contributed by atoms with Gasteiger partial charge >= 0.3 is 5.97 Å². The van der Waals surface area contributed by atoms with Gasteiger partial charge in [0.15, 0.2) is 5.69 Å². The molecule has 0 amide bonds. The Hall–Kier alpha value is -2.45. The minimum atomic E-state index is -0.357. The first-order valence-corrected chi connectivity index (χ1v) is 9.59. The van der Waals surface area contributed by atoms with Crippen LogP contribution in [0.3, 0.4) is 0 Å². The number of aromatic nitrogens is 4. The molecule has 8 heteroatoms. The van der Waals surface area contributed by atoms with Crippen LogP contribution in [0.2, 0.25) is 0 Å². The Balaban J connectivity index is 1.29. The molecule has 0 atom stereocenters. The van der Waals surface area contributed by atoms with Crippen LogP contribution < -0.4 is 0 Å². The molecule has 0 bridgehead atoms. The van der Waals surface area contributed by atoms with Gasteiger partial charge in [-0.05, 0) is 35.2 Å². The van der Waals surface area contributed by atoms with Crippen LogP contribution in [-0.2, 0) is 18.3 Å². The average Bonchev–Trinajstić information content (AvgIpc) is 3.37. The summed E-state index contributed by atoms with van der Waals surface area (Å²) >= 11 is 1.73. The molecule has 7 nitrogen and oxygen atoms in total. The number of nitrogens with zero attached hydrogens (tertiary/aromatic N) is 5. The molecule has 0 radical (unpaired) electrons. The van der Waals surface area contributed by atoms with Crippen LogP contribution in [-0.4, -0.2) is 49.4 Å². The van der Waals surface area contributed by atoms with E-state index < -0.39 is 0 Å². The minimum absolute atomic E-state index is 0.0373. The summed E-state index contributed by atoms with van der Waals surface area (Å²) in [5.41, 5.74) is 2.54. The van der Waals surface area contributed by atoms with Crippen molar-refractivity contribution in [1.82, 2.24) is 24.2 Å². The van der Waals surface area contributed by atoms with Gasteiger partial charge in [-0.1, -0.05) is 0 Å². The molecule has 136 valence electrons. The highest BCUT2D eigenvalue weighted by Gasteiger charge is 2.24. The molecule has 0 spiro atoms. The number of rotatable bonds is 5. The third-order valence-corrected chi connectivity index (χ3v) is 5.31. The number of hydrogen-bond acceptors (Lipinski definition) is 6. The SMILES string of the molecule is Cn1cc(-n2cnc(C(=O)OC3CCN(Cc4ccsc4)CC3)c2)cn1. The van der Waals surface area contributed by atoms with Crippen molar-refractivity contribution in [2.24, 2.45) is 7.05 Å². The lowest BCUT2D eigenvalue weighted by Crippen LogP contribution is -2.37. The van der Waals surface area contributed by atoms with Crippen LogP contribution in [0.15, 0.2) is 41.7 Å². The van der Waals surface area contributed by atoms with Crippen LogP contribution in [0.4, 0.5) is 0 Å². The van der Waals surface area contributed by atoms with Crippen molar-refractivity contribution in [1.29, 1.82) is 0 Å². The summed E-state index contributed by atoms with van der Waals surface area (Å²) in [5.74, 6) is -0.357. The van der Waals surface area contributed by atoms with E-state index in [1.165, 1.54) is 5.56 Å². The number of carbonyl (C=O) groups is 1. The predicted molar refractivity (Wildman–Crippen MR) is 98.4 cm³/mol. The first-order valence-electron chi connectivity index (χ1n) is 8.65. The smallest absolute Gasteiger partial charge is 0.358 e. The van der Waals surface area contributed by atoms with E-state index in [1.54, 1.807) is 39.3 Å². The molecule has 26 heavy (non-hydrogen) atoms. The van der Waals surface area contributed by atoms with Crippen LogP contribution in [0, 0.1) is 0 Å². The van der Waals surface area contributed by atoms with Crippen molar-refractivity contribution in [2.75, 3.05) is 13.1 Å². The molecule has 4 rings (SSSR count). The number of imidazole rings is 1. The van der Waals surface area contributed by atoms with E-state index in [0.29, 0.717) is 5.69 Å². The minimum Gasteiger partial charge on any atom is -0.458 e. The highest BCUT2D eigenvalue weighted by atomic mass is 32.1. The van der Waals surface area contributed by atoms with Gasteiger partial charge in [0.1, 0.15) is 12.4 Å². The summed E-state index contributed by atoms with van der Waals surface area (Å²) in [5, 5.41) is 8.41. The van der Waals surface area contributed by atoms with Crippen molar-refractivity contribution in [3.63, 3.8) is 0 Å². The van der Waals surface area contributed by atoms with Gasteiger partial charge in [-0.15, -0.1) is 0 Å². The normalized spacial score (nSPS) is 16.0. The highest BCUT2D eigenvalue weighted by molar-refractivity contribution is 7.07. The second-order valence-electron chi connectivity index (χ2n) is 6.55. The van der Waals surface area contributed by atoms with Gasteiger partial charge < -0.3 is 9.30 Å². The number of hydrogen-bond donors (Lipinski definition) is 0. The lowest BCUT2D eigenvalue weighted by molar-refractivity contribution is 0.00987. The van der Waals surface area contributed by atoms with E-state index >= 15 is 0 Å². The number of ether oxygens (including phenoxy) is 1. The van der Waals surface area contributed by atoms with Crippen LogP contribution in [0.1, 0.15) is 28.9 Å². The Kier molecular flexibility index (Phi) is 4.85. The predicted octanol–water partition coefficient (Wildman–Crippen LogP) is 2.49. The zero-order valence-corrected chi connectivity index (χ0v) is 15.4. The van der Waals surface area contributed by atoms with Gasteiger partial charge in [0.05, 0.1) is 11.9 Å². The maximum absolute atomic E-state index is 12.4. The van der Waals surface area contributed by atoms with Crippen molar-refractivity contribution < 1.29 is 9.53 Å². The number of piperidine rings is 1. The topological polar surface area (TPSA) is 65.2 Å². The second kappa shape index (κ2) is 7.43. The van der Waals surface area contributed by atoms with Crippen molar-refractivity contribution in [3.05, 3.63) is 53.0 Å². The average molecular weight is 371 g/mol. The molecule has 0 N–H and O–H groups in total. The van der Waals surface area contributed by atoms with Gasteiger partial charge in [-0.2, -0.15) is 16.4 Å². The van der Waals surface area contributed by atoms with Crippen LogP contribution >= 0.6 is 11.3 Å². The molecule has 0 aliphatic carbocycles. The van der Waals surface area contributed by atoms with E-state index in [0.717, 1.165) is 38.2 Å². The summed E-state index contributed by atoms with van der Waals surface area (Å²) < 4.78 is 9.13. The first-order chi connectivity index (χ1) is 12.7. The molecule has 1 fully saturated rings. The summed E-state index contributed by atoms with van der Waals surface area (Å²) in [6.07, 6.45) is 8.56. The van der Waals surface area contributed by atoms with E-state index in [9.17, 15) is 4.79 Å². The summed E-state index contributed by atoms with van der Waals surface area (Å²) in [6.45, 7) is 2.86.